The first kappa shape index (κ1) is 20.9. The molecule has 2 atom stereocenters. The van der Waals surface area contributed by atoms with Gasteiger partial charge in [0.2, 0.25) is 15.9 Å². The summed E-state index contributed by atoms with van der Waals surface area (Å²) in [6.45, 7) is 3.71. The van der Waals surface area contributed by atoms with Gasteiger partial charge in [-0.2, -0.15) is 0 Å². The average Bonchev–Trinajstić information content (AvgIpc) is 2.90. The van der Waals surface area contributed by atoms with E-state index in [4.69, 9.17) is 5.73 Å². The summed E-state index contributed by atoms with van der Waals surface area (Å²) in [6, 6.07) is 3.24. The Balaban J connectivity index is 0.00000288. The number of anilines is 1. The lowest BCUT2D eigenvalue weighted by Crippen LogP contribution is -2.25. The third kappa shape index (κ3) is 4.27. The highest BCUT2D eigenvalue weighted by Gasteiger charge is 2.28. The standard InChI is InChI=1S/C16H25N3O3S.ClH/c1-10-7-14(23(21,22)19(3)4)9-15(11(10)2)18-16(20)12-5-6-13(17)8-12;/h7,9,12-13H,5-6,8,17H2,1-4H3,(H,18,20);1H. The van der Waals surface area contributed by atoms with E-state index < -0.39 is 10.0 Å². The van der Waals surface area contributed by atoms with Gasteiger partial charge in [0.25, 0.3) is 0 Å². The number of benzene rings is 1. The van der Waals surface area contributed by atoms with Crippen LogP contribution in [-0.2, 0) is 14.8 Å². The predicted octanol–water partition coefficient (Wildman–Crippen LogP) is 2.04. The second kappa shape index (κ2) is 7.82. The lowest BCUT2D eigenvalue weighted by atomic mass is 10.0. The summed E-state index contributed by atoms with van der Waals surface area (Å²) in [5.74, 6) is -0.182. The molecule has 0 aromatic heterocycles. The highest BCUT2D eigenvalue weighted by atomic mass is 35.5. The highest BCUT2D eigenvalue weighted by molar-refractivity contribution is 7.89. The summed E-state index contributed by atoms with van der Waals surface area (Å²) in [6.07, 6.45) is 2.31. The van der Waals surface area contributed by atoms with Crippen molar-refractivity contribution in [3.8, 4) is 0 Å². The zero-order valence-corrected chi connectivity index (χ0v) is 16.1. The number of carbonyl (C=O) groups excluding carboxylic acids is 1. The van der Waals surface area contributed by atoms with Crippen LogP contribution in [0.15, 0.2) is 17.0 Å². The minimum atomic E-state index is -3.54. The summed E-state index contributed by atoms with van der Waals surface area (Å²) >= 11 is 0. The molecular formula is C16H26ClN3O3S. The molecule has 3 N–H and O–H groups in total. The minimum Gasteiger partial charge on any atom is -0.328 e. The van der Waals surface area contributed by atoms with Crippen molar-refractivity contribution in [1.29, 1.82) is 0 Å². The number of nitrogens with two attached hydrogens (primary N) is 1. The third-order valence-corrected chi connectivity index (χ3v) is 6.31. The Labute approximate surface area is 150 Å². The van der Waals surface area contributed by atoms with Gasteiger partial charge in [-0.15, -0.1) is 12.4 Å². The van der Waals surface area contributed by atoms with Crippen molar-refractivity contribution in [2.75, 3.05) is 19.4 Å². The molecule has 0 radical (unpaired) electrons. The number of rotatable bonds is 4. The zero-order valence-electron chi connectivity index (χ0n) is 14.5. The molecule has 2 unspecified atom stereocenters. The maximum Gasteiger partial charge on any atom is 0.242 e. The molecule has 6 nitrogen and oxygen atoms in total. The molecule has 0 saturated heterocycles. The van der Waals surface area contributed by atoms with E-state index in [1.807, 2.05) is 13.8 Å². The van der Waals surface area contributed by atoms with Crippen LogP contribution in [0, 0.1) is 19.8 Å². The molecule has 1 amide bonds. The molecule has 1 aromatic carbocycles. The van der Waals surface area contributed by atoms with Crippen LogP contribution in [0.2, 0.25) is 0 Å². The van der Waals surface area contributed by atoms with Crippen molar-refractivity contribution in [3.63, 3.8) is 0 Å². The molecule has 1 aliphatic carbocycles. The summed E-state index contributed by atoms with van der Waals surface area (Å²) in [7, 11) is -0.563. The maximum atomic E-state index is 12.4. The quantitative estimate of drug-likeness (QED) is 0.842. The van der Waals surface area contributed by atoms with Gasteiger partial charge in [0.05, 0.1) is 4.90 Å². The van der Waals surface area contributed by atoms with E-state index in [2.05, 4.69) is 5.32 Å². The van der Waals surface area contributed by atoms with Crippen LogP contribution in [0.1, 0.15) is 30.4 Å². The molecule has 0 bridgehead atoms. The van der Waals surface area contributed by atoms with Crippen LogP contribution in [0.3, 0.4) is 0 Å². The maximum absolute atomic E-state index is 12.4. The molecule has 24 heavy (non-hydrogen) atoms. The molecular weight excluding hydrogens is 350 g/mol. The van der Waals surface area contributed by atoms with Gasteiger partial charge in [0.1, 0.15) is 0 Å². The number of aryl methyl sites for hydroxylation is 1. The van der Waals surface area contributed by atoms with E-state index in [1.54, 1.807) is 6.07 Å². The monoisotopic (exact) mass is 375 g/mol. The number of halogens is 1. The van der Waals surface area contributed by atoms with E-state index in [0.29, 0.717) is 12.1 Å². The first-order valence-corrected chi connectivity index (χ1v) is 9.17. The van der Waals surface area contributed by atoms with Gasteiger partial charge >= 0.3 is 0 Å². The van der Waals surface area contributed by atoms with Gasteiger partial charge in [-0.25, -0.2) is 12.7 Å². The lowest BCUT2D eigenvalue weighted by Gasteiger charge is -2.17. The molecule has 0 heterocycles. The van der Waals surface area contributed by atoms with E-state index in [9.17, 15) is 13.2 Å². The Kier molecular flexibility index (Phi) is 6.81. The third-order valence-electron chi connectivity index (χ3n) is 4.52. The molecule has 0 spiro atoms. The number of sulfonamides is 1. The fourth-order valence-electron chi connectivity index (χ4n) is 2.81. The van der Waals surface area contributed by atoms with Gasteiger partial charge in [-0.1, -0.05) is 0 Å². The smallest absolute Gasteiger partial charge is 0.242 e. The van der Waals surface area contributed by atoms with Crippen LogP contribution >= 0.6 is 12.4 Å². The molecule has 8 heteroatoms. The van der Waals surface area contributed by atoms with Crippen LogP contribution in [0.5, 0.6) is 0 Å². The van der Waals surface area contributed by atoms with Crippen molar-refractivity contribution in [2.45, 2.75) is 44.0 Å². The molecule has 2 rings (SSSR count). The average molecular weight is 376 g/mol. The number of amides is 1. The number of hydrogen-bond donors (Lipinski definition) is 2. The SMILES string of the molecule is Cc1cc(S(=O)(=O)N(C)C)cc(NC(=O)C2CCC(N)C2)c1C.Cl. The normalized spacial score (nSPS) is 20.8. The van der Waals surface area contributed by atoms with Crippen LogP contribution in [0.4, 0.5) is 5.69 Å². The van der Waals surface area contributed by atoms with Crippen molar-refractivity contribution < 1.29 is 13.2 Å². The topological polar surface area (TPSA) is 92.5 Å². The second-order valence-electron chi connectivity index (χ2n) is 6.46. The first-order chi connectivity index (χ1) is 10.6. The van der Waals surface area contributed by atoms with Gasteiger partial charge in [0.15, 0.2) is 0 Å². The second-order valence-corrected chi connectivity index (χ2v) is 8.61. The Morgan fingerprint density at radius 2 is 1.88 bits per heavy atom. The number of nitrogens with one attached hydrogen (secondary N) is 1. The van der Waals surface area contributed by atoms with Crippen LogP contribution < -0.4 is 11.1 Å². The summed E-state index contributed by atoms with van der Waals surface area (Å²) in [5, 5.41) is 2.89. The fourth-order valence-corrected chi connectivity index (χ4v) is 3.82. The Morgan fingerprint density at radius 1 is 1.25 bits per heavy atom. The Bertz CT molecular complexity index is 720. The first-order valence-electron chi connectivity index (χ1n) is 7.73. The summed E-state index contributed by atoms with van der Waals surface area (Å²) < 4.78 is 25.8. The number of nitrogens with zero attached hydrogens (tertiary/aromatic N) is 1. The van der Waals surface area contributed by atoms with Gasteiger partial charge in [-0.05, 0) is 56.4 Å². The number of carbonyl (C=O) groups is 1. The Morgan fingerprint density at radius 3 is 2.38 bits per heavy atom. The molecule has 136 valence electrons. The van der Waals surface area contributed by atoms with Crippen LogP contribution in [-0.4, -0.2) is 38.8 Å². The fraction of sp³-hybridized carbons (Fsp3) is 0.562. The van der Waals surface area contributed by atoms with E-state index >= 15 is 0 Å². The minimum absolute atomic E-state index is 0. The van der Waals surface area contributed by atoms with Crippen LogP contribution in [0.25, 0.3) is 0 Å². The van der Waals surface area contributed by atoms with Gasteiger partial charge in [-0.3, -0.25) is 4.79 Å². The summed E-state index contributed by atoms with van der Waals surface area (Å²) in [4.78, 5) is 12.6. The highest BCUT2D eigenvalue weighted by Crippen LogP contribution is 2.29. The predicted molar refractivity (Wildman–Crippen MR) is 98.0 cm³/mol. The van der Waals surface area contributed by atoms with E-state index in [0.717, 1.165) is 24.0 Å². The van der Waals surface area contributed by atoms with Gasteiger partial charge in [0, 0.05) is 31.7 Å². The zero-order chi connectivity index (χ0) is 17.4. The lowest BCUT2D eigenvalue weighted by molar-refractivity contribution is -0.119. The van der Waals surface area contributed by atoms with Crippen molar-refractivity contribution in [1.82, 2.24) is 4.31 Å². The van der Waals surface area contributed by atoms with E-state index in [1.165, 1.54) is 24.5 Å². The van der Waals surface area contributed by atoms with E-state index in [-0.39, 0.29) is 35.2 Å². The molecule has 1 saturated carbocycles. The van der Waals surface area contributed by atoms with Crippen molar-refractivity contribution >= 4 is 34.0 Å². The molecule has 0 aliphatic heterocycles. The van der Waals surface area contributed by atoms with Crippen molar-refractivity contribution in [3.05, 3.63) is 23.3 Å². The number of hydrogen-bond acceptors (Lipinski definition) is 4. The Hall–Kier alpha value is -1.15. The van der Waals surface area contributed by atoms with Crippen molar-refractivity contribution in [2.24, 2.45) is 11.7 Å². The largest absolute Gasteiger partial charge is 0.328 e. The molecule has 1 fully saturated rings. The molecule has 1 aliphatic rings. The van der Waals surface area contributed by atoms with Gasteiger partial charge < -0.3 is 11.1 Å². The summed E-state index contributed by atoms with van der Waals surface area (Å²) in [5.41, 5.74) is 8.11. The molecule has 1 aromatic rings.